The highest BCUT2D eigenvalue weighted by molar-refractivity contribution is 7.16. The molecule has 174 valence electrons. The third-order valence-electron chi connectivity index (χ3n) is 6.25. The molecule has 0 saturated carbocycles. The fraction of sp³-hybridized carbons (Fsp3) is 0.259. The molecule has 0 fully saturated rings. The van der Waals surface area contributed by atoms with Gasteiger partial charge in [0.1, 0.15) is 22.7 Å². The first-order valence-corrected chi connectivity index (χ1v) is 12.2. The number of hydrogen-bond acceptors (Lipinski definition) is 6. The van der Waals surface area contributed by atoms with Gasteiger partial charge in [0.05, 0.1) is 12.7 Å². The van der Waals surface area contributed by atoms with Crippen molar-refractivity contribution in [3.05, 3.63) is 81.7 Å². The molecule has 2 aromatic carbocycles. The lowest BCUT2D eigenvalue weighted by molar-refractivity contribution is -0.128. The number of hydrogen-bond donors (Lipinski definition) is 2. The highest BCUT2D eigenvalue weighted by Crippen LogP contribution is 2.42. The molecule has 34 heavy (non-hydrogen) atoms. The molecule has 0 bridgehead atoms. The van der Waals surface area contributed by atoms with Gasteiger partial charge in [0.25, 0.3) is 5.91 Å². The summed E-state index contributed by atoms with van der Waals surface area (Å²) in [5.41, 5.74) is 3.80. The first kappa shape index (κ1) is 22.2. The Bertz CT molecular complexity index is 1240. The van der Waals surface area contributed by atoms with Gasteiger partial charge in [-0.3, -0.25) is 4.79 Å². The van der Waals surface area contributed by atoms with E-state index in [0.29, 0.717) is 11.7 Å². The lowest BCUT2D eigenvalue weighted by atomic mass is 9.88. The van der Waals surface area contributed by atoms with Crippen LogP contribution in [0, 0.1) is 5.92 Å². The second-order valence-corrected chi connectivity index (χ2v) is 9.81. The van der Waals surface area contributed by atoms with Gasteiger partial charge in [0.15, 0.2) is 0 Å². The summed E-state index contributed by atoms with van der Waals surface area (Å²) in [5.74, 6) is 1.37. The van der Waals surface area contributed by atoms with Gasteiger partial charge in [-0.05, 0) is 72.2 Å². The molecule has 0 saturated heterocycles. The first-order valence-electron chi connectivity index (χ1n) is 11.4. The number of carbonyl (C=O) groups excluding carboxylic acids is 2. The van der Waals surface area contributed by atoms with Gasteiger partial charge in [-0.15, -0.1) is 11.3 Å². The van der Waals surface area contributed by atoms with Crippen LogP contribution in [0.25, 0.3) is 6.08 Å². The zero-order valence-electron chi connectivity index (χ0n) is 19.1. The SMILES string of the molecule is COc1ccc(/C=C/C(=O)Oc2ccc([C@@H]3NC(=O)c4c(sc5c4CC[C@@H](C)C5)N3)cc2)cc1. The van der Waals surface area contributed by atoms with Gasteiger partial charge in [-0.1, -0.05) is 31.2 Å². The number of carbonyl (C=O) groups is 2. The summed E-state index contributed by atoms with van der Waals surface area (Å²) in [4.78, 5) is 26.4. The van der Waals surface area contributed by atoms with Crippen LogP contribution < -0.4 is 20.1 Å². The number of amides is 1. The molecule has 6 nitrogen and oxygen atoms in total. The van der Waals surface area contributed by atoms with Crippen LogP contribution in [0.15, 0.2) is 54.6 Å². The van der Waals surface area contributed by atoms with E-state index in [2.05, 4.69) is 17.6 Å². The fourth-order valence-corrected chi connectivity index (χ4v) is 5.82. The largest absolute Gasteiger partial charge is 0.497 e. The van der Waals surface area contributed by atoms with Gasteiger partial charge < -0.3 is 20.1 Å². The molecule has 1 aliphatic heterocycles. The highest BCUT2D eigenvalue weighted by atomic mass is 32.1. The van der Waals surface area contributed by atoms with Crippen LogP contribution >= 0.6 is 11.3 Å². The zero-order chi connectivity index (χ0) is 23.7. The van der Waals surface area contributed by atoms with Crippen molar-refractivity contribution in [3.8, 4) is 11.5 Å². The summed E-state index contributed by atoms with van der Waals surface area (Å²) in [5, 5.41) is 7.50. The topological polar surface area (TPSA) is 76.7 Å². The Morgan fingerprint density at radius 2 is 1.79 bits per heavy atom. The second kappa shape index (κ2) is 9.35. The number of esters is 1. The fourth-order valence-electron chi connectivity index (χ4n) is 4.39. The van der Waals surface area contributed by atoms with E-state index in [4.69, 9.17) is 9.47 Å². The predicted octanol–water partition coefficient (Wildman–Crippen LogP) is 5.35. The van der Waals surface area contributed by atoms with Crippen molar-refractivity contribution in [3.63, 3.8) is 0 Å². The molecule has 0 unspecified atom stereocenters. The highest BCUT2D eigenvalue weighted by Gasteiger charge is 2.33. The number of nitrogens with one attached hydrogen (secondary N) is 2. The van der Waals surface area contributed by atoms with Gasteiger partial charge >= 0.3 is 5.97 Å². The average molecular weight is 475 g/mol. The maximum absolute atomic E-state index is 12.9. The third kappa shape index (κ3) is 4.56. The Kier molecular flexibility index (Phi) is 6.11. The number of thiophene rings is 1. The van der Waals surface area contributed by atoms with Gasteiger partial charge in [0, 0.05) is 11.0 Å². The number of anilines is 1. The zero-order valence-corrected chi connectivity index (χ0v) is 19.9. The standard InChI is InChI=1S/C27H26N2O4S/c1-16-3-13-21-22(15-16)34-27-24(21)26(31)28-25(29-27)18-7-11-20(12-8-18)33-23(30)14-6-17-4-9-19(32-2)10-5-17/h4-12,14,16,25,29H,3,13,15H2,1-2H3,(H,28,31)/b14-6+/t16-,25-/m1/s1. The molecule has 0 spiro atoms. The monoisotopic (exact) mass is 474 g/mol. The van der Waals surface area contributed by atoms with Crippen LogP contribution in [-0.4, -0.2) is 19.0 Å². The number of ether oxygens (including phenoxy) is 2. The molecule has 3 aromatic rings. The molecule has 2 atom stereocenters. The van der Waals surface area contributed by atoms with Crippen LogP contribution in [-0.2, 0) is 17.6 Å². The summed E-state index contributed by atoms with van der Waals surface area (Å²) in [6.45, 7) is 2.27. The molecule has 1 amide bonds. The van der Waals surface area contributed by atoms with Crippen LogP contribution in [0.2, 0.25) is 0 Å². The van der Waals surface area contributed by atoms with E-state index >= 15 is 0 Å². The Balaban J connectivity index is 1.23. The van der Waals surface area contributed by atoms with E-state index in [9.17, 15) is 9.59 Å². The van der Waals surface area contributed by atoms with Crippen LogP contribution in [0.4, 0.5) is 5.00 Å². The normalized spacial score (nSPS) is 19.1. The minimum absolute atomic E-state index is 0.0232. The summed E-state index contributed by atoms with van der Waals surface area (Å²) in [6.07, 6.45) is 5.89. The van der Waals surface area contributed by atoms with E-state index < -0.39 is 5.97 Å². The molecule has 0 radical (unpaired) electrons. The maximum Gasteiger partial charge on any atom is 0.336 e. The summed E-state index contributed by atoms with van der Waals surface area (Å²) in [6, 6.07) is 14.6. The van der Waals surface area contributed by atoms with E-state index in [1.165, 1.54) is 16.5 Å². The summed E-state index contributed by atoms with van der Waals surface area (Å²) < 4.78 is 10.5. The molecule has 2 heterocycles. The Hall–Kier alpha value is -3.58. The molecule has 7 heteroatoms. The van der Waals surface area contributed by atoms with Crippen molar-refractivity contribution in [2.75, 3.05) is 12.4 Å². The van der Waals surface area contributed by atoms with Crippen LogP contribution in [0.5, 0.6) is 11.5 Å². The number of methoxy groups -OCH3 is 1. The van der Waals surface area contributed by atoms with Gasteiger partial charge in [0.2, 0.25) is 0 Å². The lowest BCUT2D eigenvalue weighted by Crippen LogP contribution is -2.38. The predicted molar refractivity (Wildman–Crippen MR) is 133 cm³/mol. The lowest BCUT2D eigenvalue weighted by Gasteiger charge is -2.27. The first-order chi connectivity index (χ1) is 16.5. The van der Waals surface area contributed by atoms with E-state index in [1.54, 1.807) is 36.7 Å². The number of benzene rings is 2. The van der Waals surface area contributed by atoms with E-state index in [1.807, 2.05) is 36.4 Å². The Labute approximate surface area is 202 Å². The van der Waals surface area contributed by atoms with Crippen molar-refractivity contribution in [2.24, 2.45) is 5.92 Å². The second-order valence-electron chi connectivity index (χ2n) is 8.70. The smallest absolute Gasteiger partial charge is 0.336 e. The quantitative estimate of drug-likeness (QED) is 0.296. The van der Waals surface area contributed by atoms with E-state index in [0.717, 1.165) is 46.7 Å². The molecular weight excluding hydrogens is 448 g/mol. The minimum Gasteiger partial charge on any atom is -0.497 e. The summed E-state index contributed by atoms with van der Waals surface area (Å²) in [7, 11) is 1.61. The Morgan fingerprint density at radius 1 is 1.06 bits per heavy atom. The van der Waals surface area contributed by atoms with Crippen molar-refractivity contribution in [2.45, 2.75) is 32.4 Å². The Morgan fingerprint density at radius 3 is 2.53 bits per heavy atom. The van der Waals surface area contributed by atoms with Crippen LogP contribution in [0.1, 0.15) is 51.4 Å². The molecule has 5 rings (SSSR count). The van der Waals surface area contributed by atoms with E-state index in [-0.39, 0.29) is 12.1 Å². The van der Waals surface area contributed by atoms with Crippen molar-refractivity contribution < 1.29 is 19.1 Å². The maximum atomic E-state index is 12.9. The minimum atomic E-state index is -0.462. The molecule has 2 N–H and O–H groups in total. The van der Waals surface area contributed by atoms with Crippen molar-refractivity contribution >= 4 is 34.3 Å². The molecule has 1 aromatic heterocycles. The van der Waals surface area contributed by atoms with Crippen molar-refractivity contribution in [1.82, 2.24) is 5.32 Å². The average Bonchev–Trinajstić information content (AvgIpc) is 3.21. The van der Waals surface area contributed by atoms with Gasteiger partial charge in [-0.2, -0.15) is 0 Å². The summed E-state index contributed by atoms with van der Waals surface area (Å²) >= 11 is 1.70. The van der Waals surface area contributed by atoms with Crippen LogP contribution in [0.3, 0.4) is 0 Å². The number of fused-ring (bicyclic) bond motifs is 3. The third-order valence-corrected chi connectivity index (χ3v) is 7.43. The van der Waals surface area contributed by atoms with Crippen molar-refractivity contribution in [1.29, 1.82) is 0 Å². The van der Waals surface area contributed by atoms with Gasteiger partial charge in [-0.25, -0.2) is 4.79 Å². The molecule has 1 aliphatic carbocycles. The molecule has 2 aliphatic rings. The molecular formula is C27H26N2O4S. The number of rotatable bonds is 5.